The standard InChI is InChI=1S/C16H21N5/c1-4-18-13-7-16(2,3)8-14-11(13)9-19-15(21-14)12-5-6-17-10-20-12/h5-6,9-10,13,18H,4,7-8H2,1-3H3. The Bertz CT molecular complexity index is 624. The summed E-state index contributed by atoms with van der Waals surface area (Å²) >= 11 is 0. The van der Waals surface area contributed by atoms with Crippen molar-refractivity contribution in [3.63, 3.8) is 0 Å². The lowest BCUT2D eigenvalue weighted by Crippen LogP contribution is -2.34. The van der Waals surface area contributed by atoms with E-state index in [4.69, 9.17) is 4.98 Å². The molecule has 0 saturated carbocycles. The highest BCUT2D eigenvalue weighted by molar-refractivity contribution is 5.48. The number of hydrogen-bond donors (Lipinski definition) is 1. The normalized spacial score (nSPS) is 20.0. The molecule has 0 fully saturated rings. The SMILES string of the molecule is CCNC1CC(C)(C)Cc2nc(-c3ccncn3)ncc21. The minimum absolute atomic E-state index is 0.247. The minimum Gasteiger partial charge on any atom is -0.310 e. The number of rotatable bonds is 3. The van der Waals surface area contributed by atoms with Gasteiger partial charge in [-0.3, -0.25) is 0 Å². The molecule has 5 nitrogen and oxygen atoms in total. The first kappa shape index (κ1) is 14.1. The number of nitrogens with one attached hydrogen (secondary N) is 1. The molecule has 1 aliphatic rings. The van der Waals surface area contributed by atoms with E-state index < -0.39 is 0 Å². The zero-order valence-electron chi connectivity index (χ0n) is 12.8. The Hall–Kier alpha value is -1.88. The summed E-state index contributed by atoms with van der Waals surface area (Å²) in [6.07, 6.45) is 7.30. The van der Waals surface area contributed by atoms with E-state index in [0.717, 1.165) is 30.8 Å². The van der Waals surface area contributed by atoms with Crippen LogP contribution in [0.1, 0.15) is 44.5 Å². The van der Waals surface area contributed by atoms with Gasteiger partial charge < -0.3 is 5.32 Å². The molecule has 0 aromatic carbocycles. The lowest BCUT2D eigenvalue weighted by Gasteiger charge is -2.36. The first-order chi connectivity index (χ1) is 10.1. The molecule has 0 aliphatic heterocycles. The third kappa shape index (κ3) is 2.93. The van der Waals surface area contributed by atoms with E-state index in [-0.39, 0.29) is 5.41 Å². The maximum atomic E-state index is 4.77. The zero-order valence-corrected chi connectivity index (χ0v) is 12.8. The van der Waals surface area contributed by atoms with Gasteiger partial charge in [-0.2, -0.15) is 0 Å². The Morgan fingerprint density at radius 2 is 2.19 bits per heavy atom. The Balaban J connectivity index is 2.01. The van der Waals surface area contributed by atoms with E-state index >= 15 is 0 Å². The van der Waals surface area contributed by atoms with Gasteiger partial charge in [0.15, 0.2) is 5.82 Å². The second-order valence-electron chi connectivity index (χ2n) is 6.35. The van der Waals surface area contributed by atoms with Crippen molar-refractivity contribution < 1.29 is 0 Å². The van der Waals surface area contributed by atoms with Crippen molar-refractivity contribution in [2.75, 3.05) is 6.54 Å². The van der Waals surface area contributed by atoms with Crippen LogP contribution in [-0.4, -0.2) is 26.5 Å². The van der Waals surface area contributed by atoms with Crippen molar-refractivity contribution in [2.24, 2.45) is 5.41 Å². The van der Waals surface area contributed by atoms with E-state index in [1.54, 1.807) is 6.20 Å². The fourth-order valence-corrected chi connectivity index (χ4v) is 3.02. The summed E-state index contributed by atoms with van der Waals surface area (Å²) in [5.41, 5.74) is 3.39. The lowest BCUT2D eigenvalue weighted by molar-refractivity contribution is 0.255. The Morgan fingerprint density at radius 3 is 2.90 bits per heavy atom. The van der Waals surface area contributed by atoms with Crippen LogP contribution in [0.25, 0.3) is 11.5 Å². The third-order valence-corrected chi connectivity index (χ3v) is 3.94. The third-order valence-electron chi connectivity index (χ3n) is 3.94. The van der Waals surface area contributed by atoms with Crippen molar-refractivity contribution >= 4 is 0 Å². The van der Waals surface area contributed by atoms with Gasteiger partial charge in [-0.15, -0.1) is 0 Å². The summed E-state index contributed by atoms with van der Waals surface area (Å²) in [7, 11) is 0. The topological polar surface area (TPSA) is 63.6 Å². The molecule has 21 heavy (non-hydrogen) atoms. The molecule has 0 radical (unpaired) electrons. The molecule has 2 heterocycles. The second-order valence-corrected chi connectivity index (χ2v) is 6.35. The molecular weight excluding hydrogens is 262 g/mol. The van der Waals surface area contributed by atoms with Crippen LogP contribution in [0.4, 0.5) is 0 Å². The van der Waals surface area contributed by atoms with Crippen LogP contribution in [0.5, 0.6) is 0 Å². The summed E-state index contributed by atoms with van der Waals surface area (Å²) in [5.74, 6) is 0.684. The van der Waals surface area contributed by atoms with Gasteiger partial charge in [0.25, 0.3) is 0 Å². The fourth-order valence-electron chi connectivity index (χ4n) is 3.02. The minimum atomic E-state index is 0.247. The molecule has 1 N–H and O–H groups in total. The highest BCUT2D eigenvalue weighted by atomic mass is 15.0. The predicted octanol–water partition coefficient (Wildman–Crippen LogP) is 2.56. The molecule has 0 amide bonds. The van der Waals surface area contributed by atoms with E-state index in [2.05, 4.69) is 41.0 Å². The second kappa shape index (κ2) is 5.48. The van der Waals surface area contributed by atoms with Crippen molar-refractivity contribution in [1.29, 1.82) is 0 Å². The summed E-state index contributed by atoms with van der Waals surface area (Å²) in [4.78, 5) is 17.5. The van der Waals surface area contributed by atoms with Crippen LogP contribution >= 0.6 is 0 Å². The number of nitrogens with zero attached hydrogens (tertiary/aromatic N) is 4. The summed E-state index contributed by atoms with van der Waals surface area (Å²) < 4.78 is 0. The molecule has 3 rings (SSSR count). The first-order valence-corrected chi connectivity index (χ1v) is 7.44. The van der Waals surface area contributed by atoms with Gasteiger partial charge >= 0.3 is 0 Å². The molecule has 2 aromatic heterocycles. The number of aromatic nitrogens is 4. The van der Waals surface area contributed by atoms with Gasteiger partial charge in [0.05, 0.1) is 0 Å². The maximum absolute atomic E-state index is 4.77. The fraction of sp³-hybridized carbons (Fsp3) is 0.500. The van der Waals surface area contributed by atoms with E-state index in [1.165, 1.54) is 11.9 Å². The predicted molar refractivity (Wildman–Crippen MR) is 81.6 cm³/mol. The largest absolute Gasteiger partial charge is 0.310 e. The Morgan fingerprint density at radius 1 is 1.33 bits per heavy atom. The summed E-state index contributed by atoms with van der Waals surface area (Å²) in [5, 5.41) is 3.55. The first-order valence-electron chi connectivity index (χ1n) is 7.44. The van der Waals surface area contributed by atoms with Crippen molar-refractivity contribution in [2.45, 2.75) is 39.7 Å². The van der Waals surface area contributed by atoms with Gasteiger partial charge in [0.1, 0.15) is 12.0 Å². The van der Waals surface area contributed by atoms with Crippen molar-refractivity contribution in [3.8, 4) is 11.5 Å². The highest BCUT2D eigenvalue weighted by Crippen LogP contribution is 2.39. The van der Waals surface area contributed by atoms with Crippen LogP contribution in [0.15, 0.2) is 24.8 Å². The molecule has 0 saturated heterocycles. The van der Waals surface area contributed by atoms with Crippen LogP contribution in [0, 0.1) is 5.41 Å². The van der Waals surface area contributed by atoms with Crippen LogP contribution in [-0.2, 0) is 6.42 Å². The van der Waals surface area contributed by atoms with Crippen LogP contribution in [0.3, 0.4) is 0 Å². The van der Waals surface area contributed by atoms with Crippen LogP contribution in [0.2, 0.25) is 0 Å². The molecule has 1 unspecified atom stereocenters. The smallest absolute Gasteiger partial charge is 0.178 e. The Labute approximate surface area is 125 Å². The van der Waals surface area contributed by atoms with Gasteiger partial charge in [-0.05, 0) is 30.9 Å². The lowest BCUT2D eigenvalue weighted by atomic mass is 9.74. The molecule has 1 atom stereocenters. The van der Waals surface area contributed by atoms with E-state index in [0.29, 0.717) is 11.9 Å². The molecule has 2 aromatic rings. The van der Waals surface area contributed by atoms with Crippen LogP contribution < -0.4 is 5.32 Å². The average Bonchev–Trinajstić information content (AvgIpc) is 2.46. The zero-order chi connectivity index (χ0) is 14.9. The van der Waals surface area contributed by atoms with Crippen molar-refractivity contribution in [3.05, 3.63) is 36.0 Å². The summed E-state index contributed by atoms with van der Waals surface area (Å²) in [6, 6.07) is 2.19. The quantitative estimate of drug-likeness (QED) is 0.938. The Kier molecular flexibility index (Phi) is 3.68. The maximum Gasteiger partial charge on any atom is 0.178 e. The number of fused-ring (bicyclic) bond motifs is 1. The molecule has 1 aliphatic carbocycles. The van der Waals surface area contributed by atoms with Gasteiger partial charge in [-0.1, -0.05) is 20.8 Å². The molecule has 0 spiro atoms. The molecule has 110 valence electrons. The molecule has 5 heteroatoms. The van der Waals surface area contributed by atoms with E-state index in [9.17, 15) is 0 Å². The van der Waals surface area contributed by atoms with Gasteiger partial charge in [0.2, 0.25) is 0 Å². The number of hydrogen-bond acceptors (Lipinski definition) is 5. The van der Waals surface area contributed by atoms with Gasteiger partial charge in [0, 0.05) is 29.7 Å². The average molecular weight is 283 g/mol. The molecule has 0 bridgehead atoms. The van der Waals surface area contributed by atoms with E-state index in [1.807, 2.05) is 12.3 Å². The molecular formula is C16H21N5. The highest BCUT2D eigenvalue weighted by Gasteiger charge is 2.33. The van der Waals surface area contributed by atoms with Gasteiger partial charge in [-0.25, -0.2) is 19.9 Å². The summed E-state index contributed by atoms with van der Waals surface area (Å²) in [6.45, 7) is 7.69. The van der Waals surface area contributed by atoms with Crippen molar-refractivity contribution in [1.82, 2.24) is 25.3 Å². The monoisotopic (exact) mass is 283 g/mol.